The summed E-state index contributed by atoms with van der Waals surface area (Å²) in [6.45, 7) is 0.423. The van der Waals surface area contributed by atoms with Crippen LogP contribution in [-0.2, 0) is 28.5 Å². The zero-order valence-electron chi connectivity index (χ0n) is 10.6. The molecule has 1 fully saturated rings. The lowest BCUT2D eigenvalue weighted by atomic mass is 9.92. The molecule has 1 unspecified atom stereocenters. The van der Waals surface area contributed by atoms with Crippen molar-refractivity contribution >= 4 is 17.7 Å². The van der Waals surface area contributed by atoms with Crippen LogP contribution in [0.5, 0.6) is 0 Å². The molecular weight excluding hydrogens is 256 g/mol. The summed E-state index contributed by atoms with van der Waals surface area (Å²) in [5, 5.41) is 3.87. The number of nitrogens with one attached hydrogen (secondary N) is 1. The summed E-state index contributed by atoms with van der Waals surface area (Å²) in [4.78, 5) is 23.3. The number of methoxy groups -OCH3 is 2. The molecule has 0 aliphatic carbocycles. The average Bonchev–Trinajstić information content (AvgIpc) is 2.70. The maximum absolute atomic E-state index is 11.7. The predicted octanol–water partition coefficient (Wildman–Crippen LogP) is -0.834. The van der Waals surface area contributed by atoms with E-state index in [0.717, 1.165) is 0 Å². The molecule has 2 heterocycles. The van der Waals surface area contributed by atoms with Crippen LogP contribution < -0.4 is 5.43 Å². The quantitative estimate of drug-likeness (QED) is 0.654. The first kappa shape index (κ1) is 13.5. The van der Waals surface area contributed by atoms with Crippen LogP contribution in [0.25, 0.3) is 0 Å². The van der Waals surface area contributed by atoms with E-state index in [2.05, 4.69) is 20.0 Å². The van der Waals surface area contributed by atoms with Gasteiger partial charge in [0.2, 0.25) is 0 Å². The van der Waals surface area contributed by atoms with E-state index in [4.69, 9.17) is 9.47 Å². The number of esters is 2. The Labute approximate surface area is 109 Å². The van der Waals surface area contributed by atoms with Crippen molar-refractivity contribution in [3.8, 4) is 0 Å². The Morgan fingerprint density at radius 2 is 2.00 bits per heavy atom. The lowest BCUT2D eigenvalue weighted by molar-refractivity contribution is -0.137. The maximum atomic E-state index is 11.7. The number of rotatable bonds is 2. The standard InChI is InChI=1S/C11H14N2O6/c1-16-10(14)8-6-3-18-5-19-4-7(6)9(13-12-8)11(15)17-2/h6,13H,3-5H2,1-2H3. The number of hydrazone groups is 1. The van der Waals surface area contributed by atoms with E-state index in [1.165, 1.54) is 14.2 Å². The van der Waals surface area contributed by atoms with Crippen molar-refractivity contribution in [2.45, 2.75) is 0 Å². The number of hydrogen-bond acceptors (Lipinski definition) is 8. The Hall–Kier alpha value is -1.93. The molecule has 2 aliphatic heterocycles. The minimum Gasteiger partial charge on any atom is -0.464 e. The van der Waals surface area contributed by atoms with Gasteiger partial charge in [0.15, 0.2) is 5.71 Å². The van der Waals surface area contributed by atoms with Crippen LogP contribution in [0, 0.1) is 5.92 Å². The molecule has 2 rings (SSSR count). The van der Waals surface area contributed by atoms with Crippen molar-refractivity contribution in [3.63, 3.8) is 0 Å². The molecule has 2 aliphatic rings. The molecule has 0 radical (unpaired) electrons. The van der Waals surface area contributed by atoms with Gasteiger partial charge in [-0.15, -0.1) is 0 Å². The summed E-state index contributed by atoms with van der Waals surface area (Å²) in [5.74, 6) is -1.63. The fourth-order valence-corrected chi connectivity index (χ4v) is 1.91. The lowest BCUT2D eigenvalue weighted by Gasteiger charge is -2.24. The Morgan fingerprint density at radius 1 is 1.26 bits per heavy atom. The van der Waals surface area contributed by atoms with E-state index in [9.17, 15) is 9.59 Å². The molecule has 8 heteroatoms. The number of carbonyl (C=O) groups is 2. The predicted molar refractivity (Wildman–Crippen MR) is 61.9 cm³/mol. The highest BCUT2D eigenvalue weighted by Gasteiger charge is 2.36. The maximum Gasteiger partial charge on any atom is 0.356 e. The van der Waals surface area contributed by atoms with Gasteiger partial charge in [0, 0.05) is 0 Å². The number of carbonyl (C=O) groups excluding carboxylic acids is 2. The van der Waals surface area contributed by atoms with Crippen molar-refractivity contribution in [2.24, 2.45) is 11.0 Å². The molecule has 0 amide bonds. The monoisotopic (exact) mass is 270 g/mol. The second kappa shape index (κ2) is 5.81. The molecule has 0 aromatic heterocycles. The largest absolute Gasteiger partial charge is 0.464 e. The number of hydrogen-bond donors (Lipinski definition) is 1. The normalized spacial score (nSPS) is 22.6. The highest BCUT2D eigenvalue weighted by Crippen LogP contribution is 2.24. The summed E-state index contributed by atoms with van der Waals surface area (Å²) >= 11 is 0. The third-order valence-electron chi connectivity index (χ3n) is 2.85. The molecule has 0 bridgehead atoms. The van der Waals surface area contributed by atoms with Crippen molar-refractivity contribution in [1.29, 1.82) is 0 Å². The SMILES string of the molecule is COC(=O)C1=NNC(C(=O)OC)=C2COCOCC12. The van der Waals surface area contributed by atoms with Crippen LogP contribution in [-0.4, -0.2) is 51.9 Å². The van der Waals surface area contributed by atoms with Gasteiger partial charge < -0.3 is 18.9 Å². The Bertz CT molecular complexity index is 456. The van der Waals surface area contributed by atoms with Gasteiger partial charge in [-0.25, -0.2) is 9.59 Å². The molecule has 1 saturated heterocycles. The smallest absolute Gasteiger partial charge is 0.356 e. The molecule has 104 valence electrons. The summed E-state index contributed by atoms with van der Waals surface area (Å²) in [6, 6.07) is 0. The third-order valence-corrected chi connectivity index (χ3v) is 2.85. The van der Waals surface area contributed by atoms with Crippen LogP contribution in [0.15, 0.2) is 16.4 Å². The average molecular weight is 270 g/mol. The fraction of sp³-hybridized carbons (Fsp3) is 0.545. The van der Waals surface area contributed by atoms with Gasteiger partial charge in [-0.05, 0) is 5.57 Å². The lowest BCUT2D eigenvalue weighted by Crippen LogP contribution is -2.39. The summed E-state index contributed by atoms with van der Waals surface area (Å²) in [7, 11) is 2.53. The molecule has 0 saturated carbocycles. The highest BCUT2D eigenvalue weighted by atomic mass is 16.7. The Balaban J connectivity index is 2.36. The van der Waals surface area contributed by atoms with E-state index in [-0.39, 0.29) is 31.4 Å². The van der Waals surface area contributed by atoms with E-state index >= 15 is 0 Å². The van der Waals surface area contributed by atoms with Crippen LogP contribution in [0.2, 0.25) is 0 Å². The Kier molecular flexibility index (Phi) is 4.13. The van der Waals surface area contributed by atoms with Gasteiger partial charge in [-0.2, -0.15) is 5.10 Å². The molecular formula is C11H14N2O6. The van der Waals surface area contributed by atoms with Gasteiger partial charge in [0.1, 0.15) is 12.5 Å². The summed E-state index contributed by atoms with van der Waals surface area (Å²) in [6.07, 6.45) is 0. The molecule has 0 aromatic carbocycles. The molecule has 1 N–H and O–H groups in total. The van der Waals surface area contributed by atoms with Gasteiger partial charge in [-0.1, -0.05) is 0 Å². The zero-order valence-corrected chi connectivity index (χ0v) is 10.6. The van der Waals surface area contributed by atoms with Crippen LogP contribution >= 0.6 is 0 Å². The van der Waals surface area contributed by atoms with Crippen molar-refractivity contribution in [1.82, 2.24) is 5.43 Å². The third kappa shape index (κ3) is 2.59. The number of ether oxygens (including phenoxy) is 4. The van der Waals surface area contributed by atoms with Crippen LogP contribution in [0.1, 0.15) is 0 Å². The van der Waals surface area contributed by atoms with E-state index < -0.39 is 17.9 Å². The minimum atomic E-state index is -0.579. The van der Waals surface area contributed by atoms with Gasteiger partial charge in [0.25, 0.3) is 0 Å². The first-order valence-electron chi connectivity index (χ1n) is 5.57. The van der Waals surface area contributed by atoms with Crippen molar-refractivity contribution in [2.75, 3.05) is 34.2 Å². The summed E-state index contributed by atoms with van der Waals surface area (Å²) in [5.41, 5.74) is 3.41. The van der Waals surface area contributed by atoms with Gasteiger partial charge >= 0.3 is 11.9 Å². The van der Waals surface area contributed by atoms with Gasteiger partial charge in [0.05, 0.1) is 33.4 Å². The second-order valence-corrected chi connectivity index (χ2v) is 3.88. The number of fused-ring (bicyclic) bond motifs is 1. The number of nitrogens with zero attached hydrogens (tertiary/aromatic N) is 1. The van der Waals surface area contributed by atoms with E-state index in [0.29, 0.717) is 5.57 Å². The second-order valence-electron chi connectivity index (χ2n) is 3.88. The Morgan fingerprint density at radius 3 is 2.68 bits per heavy atom. The molecule has 8 nitrogen and oxygen atoms in total. The zero-order chi connectivity index (χ0) is 13.8. The van der Waals surface area contributed by atoms with Gasteiger partial charge in [-0.3, -0.25) is 5.43 Å². The first-order chi connectivity index (χ1) is 9.19. The molecule has 0 spiro atoms. The van der Waals surface area contributed by atoms with Crippen molar-refractivity contribution in [3.05, 3.63) is 11.3 Å². The van der Waals surface area contributed by atoms with E-state index in [1.807, 2.05) is 0 Å². The summed E-state index contributed by atoms with van der Waals surface area (Å²) < 4.78 is 19.8. The highest BCUT2D eigenvalue weighted by molar-refractivity contribution is 6.38. The first-order valence-corrected chi connectivity index (χ1v) is 5.57. The van der Waals surface area contributed by atoms with E-state index in [1.54, 1.807) is 0 Å². The molecule has 0 aromatic rings. The minimum absolute atomic E-state index is 0.0862. The van der Waals surface area contributed by atoms with Crippen LogP contribution in [0.4, 0.5) is 0 Å². The molecule has 1 atom stereocenters. The topological polar surface area (TPSA) is 95.5 Å². The van der Waals surface area contributed by atoms with Crippen LogP contribution in [0.3, 0.4) is 0 Å². The van der Waals surface area contributed by atoms with Crippen molar-refractivity contribution < 1.29 is 28.5 Å². The fourth-order valence-electron chi connectivity index (χ4n) is 1.91. The molecule has 19 heavy (non-hydrogen) atoms.